The first-order chi connectivity index (χ1) is 17.0. The molecule has 0 bridgehead atoms. The molecule has 8 heteroatoms. The van der Waals surface area contributed by atoms with Crippen LogP contribution in [-0.2, 0) is 11.3 Å². The van der Waals surface area contributed by atoms with Crippen LogP contribution in [0.1, 0.15) is 61.4 Å². The standard InChI is InChI=1S/C27H32N4O3S/c1-2-3-16-28-24(32)18-35-27-30-23-11-7-6-10-22(23)26(34)31(27)17-19-12-14-20(15-13-19)25(33)29-21-8-4-5-9-21/h6-7,10-15,21H,2-5,8-9,16-18H2,1H3,(H,28,32)(H,29,33). The molecule has 0 saturated heterocycles. The first kappa shape index (κ1) is 25.0. The van der Waals surface area contributed by atoms with Crippen molar-refractivity contribution in [3.8, 4) is 0 Å². The van der Waals surface area contributed by atoms with Gasteiger partial charge in [-0.15, -0.1) is 0 Å². The predicted molar refractivity (Wildman–Crippen MR) is 140 cm³/mol. The maximum atomic E-state index is 13.3. The number of benzene rings is 2. The Bertz CT molecular complexity index is 1230. The fraction of sp³-hybridized carbons (Fsp3) is 0.407. The van der Waals surface area contributed by atoms with Gasteiger partial charge in [0, 0.05) is 18.2 Å². The van der Waals surface area contributed by atoms with Gasteiger partial charge in [0.25, 0.3) is 11.5 Å². The van der Waals surface area contributed by atoms with Gasteiger partial charge in [0.15, 0.2) is 5.16 Å². The molecule has 35 heavy (non-hydrogen) atoms. The number of hydrogen-bond acceptors (Lipinski definition) is 5. The second-order valence-corrected chi connectivity index (χ2v) is 9.89. The number of carbonyl (C=O) groups excluding carboxylic acids is 2. The van der Waals surface area contributed by atoms with Gasteiger partial charge in [-0.25, -0.2) is 4.98 Å². The van der Waals surface area contributed by atoms with E-state index in [4.69, 9.17) is 0 Å². The van der Waals surface area contributed by atoms with Crippen LogP contribution in [0.5, 0.6) is 0 Å². The van der Waals surface area contributed by atoms with E-state index in [0.717, 1.165) is 31.2 Å². The summed E-state index contributed by atoms with van der Waals surface area (Å²) in [6, 6.07) is 14.9. The van der Waals surface area contributed by atoms with Crippen LogP contribution in [0.2, 0.25) is 0 Å². The van der Waals surface area contributed by atoms with Crippen molar-refractivity contribution in [2.45, 2.75) is 63.2 Å². The lowest BCUT2D eigenvalue weighted by Gasteiger charge is -2.14. The topological polar surface area (TPSA) is 93.1 Å². The smallest absolute Gasteiger partial charge is 0.262 e. The molecular formula is C27H32N4O3S. The summed E-state index contributed by atoms with van der Waals surface area (Å²) in [6.45, 7) is 3.03. The minimum absolute atomic E-state index is 0.0571. The summed E-state index contributed by atoms with van der Waals surface area (Å²) in [5.74, 6) is 0.0581. The van der Waals surface area contributed by atoms with Crippen LogP contribution in [-0.4, -0.2) is 39.7 Å². The van der Waals surface area contributed by atoms with Crippen molar-refractivity contribution in [3.63, 3.8) is 0 Å². The molecule has 3 aromatic rings. The first-order valence-corrected chi connectivity index (χ1v) is 13.3. The number of fused-ring (bicyclic) bond motifs is 1. The molecule has 184 valence electrons. The Morgan fingerprint density at radius 3 is 2.57 bits per heavy atom. The number of hydrogen-bond donors (Lipinski definition) is 2. The number of aromatic nitrogens is 2. The molecule has 0 atom stereocenters. The van der Waals surface area contributed by atoms with Crippen LogP contribution in [0, 0.1) is 0 Å². The minimum Gasteiger partial charge on any atom is -0.355 e. The molecule has 1 saturated carbocycles. The summed E-state index contributed by atoms with van der Waals surface area (Å²) in [5, 5.41) is 7.05. The molecule has 0 aliphatic heterocycles. The average Bonchev–Trinajstić information content (AvgIpc) is 3.38. The van der Waals surface area contributed by atoms with Gasteiger partial charge in [0.2, 0.25) is 5.91 Å². The number of nitrogens with zero attached hydrogens (tertiary/aromatic N) is 2. The van der Waals surface area contributed by atoms with Gasteiger partial charge in [-0.05, 0) is 49.1 Å². The number of unbranched alkanes of at least 4 members (excludes halogenated alkanes) is 1. The Labute approximate surface area is 209 Å². The minimum atomic E-state index is -0.146. The number of para-hydroxylation sites is 1. The highest BCUT2D eigenvalue weighted by Gasteiger charge is 2.18. The Balaban J connectivity index is 1.52. The molecule has 1 aliphatic carbocycles. The normalized spacial score (nSPS) is 13.7. The molecule has 1 heterocycles. The summed E-state index contributed by atoms with van der Waals surface area (Å²) in [5.41, 5.74) is 1.97. The third-order valence-corrected chi connectivity index (χ3v) is 7.24. The SMILES string of the molecule is CCCCNC(=O)CSc1nc2ccccc2c(=O)n1Cc1ccc(C(=O)NC2CCCC2)cc1. The molecular weight excluding hydrogens is 460 g/mol. The molecule has 1 aliphatic rings. The molecule has 0 spiro atoms. The summed E-state index contributed by atoms with van der Waals surface area (Å²) in [6.07, 6.45) is 6.36. The maximum absolute atomic E-state index is 13.3. The van der Waals surface area contributed by atoms with E-state index in [2.05, 4.69) is 22.5 Å². The van der Waals surface area contributed by atoms with Crippen molar-refractivity contribution in [2.24, 2.45) is 0 Å². The molecule has 1 fully saturated rings. The predicted octanol–water partition coefficient (Wildman–Crippen LogP) is 4.13. The largest absolute Gasteiger partial charge is 0.355 e. The van der Waals surface area contributed by atoms with Crippen molar-refractivity contribution < 1.29 is 9.59 Å². The van der Waals surface area contributed by atoms with Crippen molar-refractivity contribution in [1.29, 1.82) is 0 Å². The van der Waals surface area contributed by atoms with E-state index in [9.17, 15) is 14.4 Å². The van der Waals surface area contributed by atoms with Gasteiger partial charge < -0.3 is 10.6 Å². The van der Waals surface area contributed by atoms with Crippen molar-refractivity contribution in [3.05, 3.63) is 70.0 Å². The highest BCUT2D eigenvalue weighted by molar-refractivity contribution is 7.99. The van der Waals surface area contributed by atoms with E-state index in [-0.39, 0.29) is 29.2 Å². The summed E-state index contributed by atoms with van der Waals surface area (Å²) < 4.78 is 1.61. The molecule has 0 unspecified atom stereocenters. The zero-order valence-corrected chi connectivity index (χ0v) is 20.9. The van der Waals surface area contributed by atoms with Crippen LogP contribution in [0.3, 0.4) is 0 Å². The second kappa shape index (κ2) is 12.0. The highest BCUT2D eigenvalue weighted by Crippen LogP contribution is 2.20. The molecule has 2 amide bonds. The summed E-state index contributed by atoms with van der Waals surface area (Å²) in [4.78, 5) is 42.8. The average molecular weight is 493 g/mol. The van der Waals surface area contributed by atoms with Gasteiger partial charge in [-0.2, -0.15) is 0 Å². The van der Waals surface area contributed by atoms with Gasteiger partial charge >= 0.3 is 0 Å². The zero-order chi connectivity index (χ0) is 24.6. The first-order valence-electron chi connectivity index (χ1n) is 12.3. The zero-order valence-electron chi connectivity index (χ0n) is 20.1. The number of thioether (sulfide) groups is 1. The molecule has 0 radical (unpaired) electrons. The van der Waals surface area contributed by atoms with Crippen LogP contribution in [0.25, 0.3) is 10.9 Å². The van der Waals surface area contributed by atoms with Crippen molar-refractivity contribution in [1.82, 2.24) is 20.2 Å². The van der Waals surface area contributed by atoms with E-state index < -0.39 is 0 Å². The van der Waals surface area contributed by atoms with E-state index in [1.807, 2.05) is 30.3 Å². The van der Waals surface area contributed by atoms with Crippen LogP contribution in [0.15, 0.2) is 58.5 Å². The Morgan fingerprint density at radius 2 is 1.83 bits per heavy atom. The number of amides is 2. The molecule has 2 N–H and O–H groups in total. The Hall–Kier alpha value is -3.13. The van der Waals surface area contributed by atoms with Gasteiger partial charge in [0.05, 0.1) is 23.2 Å². The Morgan fingerprint density at radius 1 is 1.09 bits per heavy atom. The van der Waals surface area contributed by atoms with Crippen molar-refractivity contribution >= 4 is 34.5 Å². The van der Waals surface area contributed by atoms with Crippen LogP contribution in [0.4, 0.5) is 0 Å². The van der Waals surface area contributed by atoms with E-state index in [1.165, 1.54) is 24.6 Å². The van der Waals surface area contributed by atoms with E-state index in [1.54, 1.807) is 22.8 Å². The molecule has 2 aromatic carbocycles. The lowest BCUT2D eigenvalue weighted by molar-refractivity contribution is -0.118. The van der Waals surface area contributed by atoms with Gasteiger partial charge in [0.1, 0.15) is 0 Å². The summed E-state index contributed by atoms with van der Waals surface area (Å²) >= 11 is 1.26. The molecule has 4 rings (SSSR count). The second-order valence-electron chi connectivity index (χ2n) is 8.95. The quantitative estimate of drug-likeness (QED) is 0.252. The number of nitrogens with one attached hydrogen (secondary N) is 2. The van der Waals surface area contributed by atoms with Gasteiger partial charge in [-0.3, -0.25) is 19.0 Å². The Kier molecular flexibility index (Phi) is 8.58. The fourth-order valence-electron chi connectivity index (χ4n) is 4.27. The monoisotopic (exact) mass is 492 g/mol. The summed E-state index contributed by atoms with van der Waals surface area (Å²) in [7, 11) is 0. The lowest BCUT2D eigenvalue weighted by atomic mass is 10.1. The van der Waals surface area contributed by atoms with Crippen molar-refractivity contribution in [2.75, 3.05) is 12.3 Å². The highest BCUT2D eigenvalue weighted by atomic mass is 32.2. The fourth-order valence-corrected chi connectivity index (χ4v) is 5.09. The van der Waals surface area contributed by atoms with Gasteiger partial charge in [-0.1, -0.05) is 62.2 Å². The third kappa shape index (κ3) is 6.51. The number of rotatable bonds is 10. The molecule has 1 aromatic heterocycles. The lowest BCUT2D eigenvalue weighted by Crippen LogP contribution is -2.32. The van der Waals surface area contributed by atoms with E-state index >= 15 is 0 Å². The molecule has 7 nitrogen and oxygen atoms in total. The third-order valence-electron chi connectivity index (χ3n) is 6.26. The maximum Gasteiger partial charge on any atom is 0.262 e. The van der Waals surface area contributed by atoms with E-state index in [0.29, 0.717) is 34.7 Å². The van der Waals surface area contributed by atoms with Crippen LogP contribution < -0.4 is 16.2 Å². The number of carbonyl (C=O) groups is 2. The van der Waals surface area contributed by atoms with Crippen LogP contribution >= 0.6 is 11.8 Å².